The Balaban J connectivity index is 1.73. The molecule has 0 saturated carbocycles. The van der Waals surface area contributed by atoms with Crippen LogP contribution in [0.15, 0.2) is 57.8 Å². The van der Waals surface area contributed by atoms with Crippen LogP contribution >= 0.6 is 11.8 Å². The summed E-state index contributed by atoms with van der Waals surface area (Å²) in [6.07, 6.45) is 0. The van der Waals surface area contributed by atoms with Gasteiger partial charge in [0.05, 0.1) is 5.69 Å². The zero-order valence-corrected chi connectivity index (χ0v) is 15.2. The van der Waals surface area contributed by atoms with Crippen molar-refractivity contribution < 1.29 is 22.4 Å². The molecule has 2 aromatic carbocycles. The van der Waals surface area contributed by atoms with Crippen molar-refractivity contribution in [2.45, 2.75) is 24.3 Å². The highest BCUT2D eigenvalue weighted by Crippen LogP contribution is 2.36. The van der Waals surface area contributed by atoms with Gasteiger partial charge in [0.1, 0.15) is 5.76 Å². The number of anilines is 1. The van der Waals surface area contributed by atoms with Gasteiger partial charge in [0.2, 0.25) is 5.89 Å². The maximum absolute atomic E-state index is 12.4. The molecule has 4 nitrogen and oxygen atoms in total. The topological polar surface area (TPSA) is 55.1 Å². The fraction of sp³-hybridized carbons (Fsp3) is 0.158. The third-order valence-corrected chi connectivity index (χ3v) is 4.49. The summed E-state index contributed by atoms with van der Waals surface area (Å²) in [7, 11) is 0. The van der Waals surface area contributed by atoms with Gasteiger partial charge in [-0.2, -0.15) is 13.2 Å². The number of nitrogens with one attached hydrogen (secondary N) is 1. The number of benzene rings is 2. The van der Waals surface area contributed by atoms with E-state index >= 15 is 0 Å². The number of oxazole rings is 1. The van der Waals surface area contributed by atoms with Crippen molar-refractivity contribution in [3.05, 3.63) is 65.5 Å². The molecule has 0 aliphatic heterocycles. The number of aryl methyl sites for hydroxylation is 2. The van der Waals surface area contributed by atoms with Gasteiger partial charge in [-0.1, -0.05) is 6.07 Å². The first kappa shape index (κ1) is 19.0. The first-order valence-electron chi connectivity index (χ1n) is 7.93. The number of alkyl halides is 3. The van der Waals surface area contributed by atoms with Crippen molar-refractivity contribution in [3.8, 4) is 11.5 Å². The summed E-state index contributed by atoms with van der Waals surface area (Å²) in [6.45, 7) is 3.66. The van der Waals surface area contributed by atoms with Gasteiger partial charge in [-0.25, -0.2) is 4.98 Å². The van der Waals surface area contributed by atoms with E-state index in [-0.39, 0.29) is 22.2 Å². The normalized spacial score (nSPS) is 11.4. The Hall–Kier alpha value is -2.74. The van der Waals surface area contributed by atoms with Crippen molar-refractivity contribution in [3.63, 3.8) is 0 Å². The predicted octanol–water partition coefficient (Wildman–Crippen LogP) is 5.82. The van der Waals surface area contributed by atoms with Crippen LogP contribution in [0.2, 0.25) is 0 Å². The minimum absolute atomic E-state index is 0.0238. The molecule has 0 atom stereocenters. The van der Waals surface area contributed by atoms with Crippen molar-refractivity contribution in [2.75, 3.05) is 5.32 Å². The second-order valence-corrected chi connectivity index (χ2v) is 6.91. The molecule has 1 N–H and O–H groups in total. The minimum atomic E-state index is -4.36. The molecule has 0 fully saturated rings. The fourth-order valence-corrected chi connectivity index (χ4v) is 2.88. The Morgan fingerprint density at radius 3 is 2.41 bits per heavy atom. The van der Waals surface area contributed by atoms with Gasteiger partial charge in [-0.05, 0) is 68.1 Å². The number of rotatable bonds is 4. The summed E-state index contributed by atoms with van der Waals surface area (Å²) in [4.78, 5) is 16.7. The van der Waals surface area contributed by atoms with Gasteiger partial charge in [0, 0.05) is 21.7 Å². The molecule has 140 valence electrons. The number of amides is 1. The largest absolute Gasteiger partial charge is 0.446 e. The zero-order valence-electron chi connectivity index (χ0n) is 14.4. The van der Waals surface area contributed by atoms with Crippen LogP contribution < -0.4 is 5.32 Å². The van der Waals surface area contributed by atoms with Gasteiger partial charge in [-0.15, -0.1) is 0 Å². The number of aromatic nitrogens is 1. The number of halogens is 3. The molecule has 3 rings (SSSR count). The zero-order chi connectivity index (χ0) is 19.6. The number of hydrogen-bond donors (Lipinski definition) is 1. The molecule has 1 aromatic heterocycles. The van der Waals surface area contributed by atoms with Crippen LogP contribution in [-0.4, -0.2) is 16.4 Å². The Bertz CT molecular complexity index is 946. The van der Waals surface area contributed by atoms with Crippen LogP contribution in [0.1, 0.15) is 21.8 Å². The average Bonchev–Trinajstić information content (AvgIpc) is 2.93. The maximum Gasteiger partial charge on any atom is 0.446 e. The lowest BCUT2D eigenvalue weighted by molar-refractivity contribution is -0.0328. The second kappa shape index (κ2) is 7.48. The van der Waals surface area contributed by atoms with E-state index in [0.717, 1.165) is 11.5 Å². The van der Waals surface area contributed by atoms with Crippen LogP contribution in [0.5, 0.6) is 0 Å². The third-order valence-electron chi connectivity index (χ3n) is 3.75. The highest BCUT2D eigenvalue weighted by molar-refractivity contribution is 8.00. The molecule has 8 heteroatoms. The van der Waals surface area contributed by atoms with Crippen LogP contribution in [-0.2, 0) is 0 Å². The standard InChI is InChI=1S/C19H15F3N2O2S/c1-11-12(2)26-18(23-11)14-4-3-5-15(10-14)24-17(25)13-6-8-16(9-7-13)27-19(20,21)22/h3-10H,1-2H3,(H,24,25). The summed E-state index contributed by atoms with van der Waals surface area (Å²) in [5.41, 5.74) is -2.08. The summed E-state index contributed by atoms with van der Waals surface area (Å²) in [6, 6.07) is 12.2. The third kappa shape index (κ3) is 4.91. The predicted molar refractivity (Wildman–Crippen MR) is 97.7 cm³/mol. The van der Waals surface area contributed by atoms with Crippen LogP contribution in [0.3, 0.4) is 0 Å². The minimum Gasteiger partial charge on any atom is -0.441 e. The highest BCUT2D eigenvalue weighted by atomic mass is 32.2. The van der Waals surface area contributed by atoms with E-state index in [4.69, 9.17) is 4.42 Å². The van der Waals surface area contributed by atoms with E-state index in [1.54, 1.807) is 18.2 Å². The lowest BCUT2D eigenvalue weighted by Gasteiger charge is -2.08. The summed E-state index contributed by atoms with van der Waals surface area (Å²) >= 11 is -0.221. The van der Waals surface area contributed by atoms with Gasteiger partial charge in [-0.3, -0.25) is 4.79 Å². The fourth-order valence-electron chi connectivity index (χ4n) is 2.34. The summed E-state index contributed by atoms with van der Waals surface area (Å²) in [5, 5.41) is 2.72. The SMILES string of the molecule is Cc1nc(-c2cccc(NC(=O)c3ccc(SC(F)(F)F)cc3)c2)oc1C. The Morgan fingerprint density at radius 2 is 1.81 bits per heavy atom. The van der Waals surface area contributed by atoms with E-state index in [0.29, 0.717) is 17.1 Å². The molecule has 27 heavy (non-hydrogen) atoms. The molecule has 1 amide bonds. The molecule has 1 heterocycles. The van der Waals surface area contributed by atoms with E-state index in [1.807, 2.05) is 19.9 Å². The molecule has 0 saturated heterocycles. The Kier molecular flexibility index (Phi) is 5.27. The average molecular weight is 392 g/mol. The van der Waals surface area contributed by atoms with Crippen molar-refractivity contribution in [1.29, 1.82) is 0 Å². The smallest absolute Gasteiger partial charge is 0.441 e. The number of carbonyl (C=O) groups excluding carboxylic acids is 1. The summed E-state index contributed by atoms with van der Waals surface area (Å²) < 4.78 is 42.7. The van der Waals surface area contributed by atoms with E-state index in [2.05, 4.69) is 10.3 Å². The Morgan fingerprint density at radius 1 is 1.11 bits per heavy atom. The number of carbonyl (C=O) groups is 1. The molecule has 0 spiro atoms. The Labute approximate surface area is 157 Å². The van der Waals surface area contributed by atoms with Crippen LogP contribution in [0.25, 0.3) is 11.5 Å². The van der Waals surface area contributed by atoms with Gasteiger partial charge < -0.3 is 9.73 Å². The second-order valence-electron chi connectivity index (χ2n) is 5.77. The molecule has 0 radical (unpaired) electrons. The van der Waals surface area contributed by atoms with Gasteiger partial charge in [0.15, 0.2) is 0 Å². The van der Waals surface area contributed by atoms with E-state index in [9.17, 15) is 18.0 Å². The summed E-state index contributed by atoms with van der Waals surface area (Å²) in [5.74, 6) is 0.751. The van der Waals surface area contributed by atoms with Crippen molar-refractivity contribution >= 4 is 23.4 Å². The number of nitrogens with zero attached hydrogens (tertiary/aromatic N) is 1. The molecule has 3 aromatic rings. The van der Waals surface area contributed by atoms with Crippen molar-refractivity contribution in [1.82, 2.24) is 4.98 Å². The van der Waals surface area contributed by atoms with Crippen molar-refractivity contribution in [2.24, 2.45) is 0 Å². The lowest BCUT2D eigenvalue weighted by Crippen LogP contribution is -2.11. The van der Waals surface area contributed by atoms with Crippen LogP contribution in [0.4, 0.5) is 18.9 Å². The number of hydrogen-bond acceptors (Lipinski definition) is 4. The molecule has 0 aliphatic rings. The number of thioether (sulfide) groups is 1. The van der Waals surface area contributed by atoms with Gasteiger partial charge in [0.25, 0.3) is 5.91 Å². The lowest BCUT2D eigenvalue weighted by atomic mass is 10.1. The maximum atomic E-state index is 12.4. The molecule has 0 aliphatic carbocycles. The van der Waals surface area contributed by atoms with Crippen LogP contribution in [0, 0.1) is 13.8 Å². The van der Waals surface area contributed by atoms with Gasteiger partial charge >= 0.3 is 5.51 Å². The monoisotopic (exact) mass is 392 g/mol. The molecular formula is C19H15F3N2O2S. The molecule has 0 bridgehead atoms. The first-order chi connectivity index (χ1) is 12.7. The van der Waals surface area contributed by atoms with E-state index < -0.39 is 11.4 Å². The van der Waals surface area contributed by atoms with E-state index in [1.165, 1.54) is 24.3 Å². The molecular weight excluding hydrogens is 377 g/mol. The highest BCUT2D eigenvalue weighted by Gasteiger charge is 2.29. The quantitative estimate of drug-likeness (QED) is 0.568. The first-order valence-corrected chi connectivity index (χ1v) is 8.74. The molecule has 0 unspecified atom stereocenters.